The summed E-state index contributed by atoms with van der Waals surface area (Å²) in [5.74, 6) is 0.135. The van der Waals surface area contributed by atoms with E-state index in [1.54, 1.807) is 18.3 Å². The highest BCUT2D eigenvalue weighted by Gasteiger charge is 2.09. The summed E-state index contributed by atoms with van der Waals surface area (Å²) in [7, 11) is -3.23. The number of anilines is 1. The first-order valence-corrected chi connectivity index (χ1v) is 8.18. The molecule has 0 amide bonds. The molecule has 1 aromatic heterocycles. The molecule has 20 heavy (non-hydrogen) atoms. The second kappa shape index (κ2) is 6.05. The molecule has 0 fully saturated rings. The van der Waals surface area contributed by atoms with Crippen molar-refractivity contribution in [3.8, 4) is 11.1 Å². The average molecular weight is 290 g/mol. The molecule has 0 saturated carbocycles. The Labute approximate surface area is 119 Å². The number of aryl methyl sites for hydroxylation is 1. The average Bonchev–Trinajstić information content (AvgIpc) is 2.40. The predicted molar refractivity (Wildman–Crippen MR) is 82.1 cm³/mol. The van der Waals surface area contributed by atoms with Crippen molar-refractivity contribution in [3.05, 3.63) is 48.3 Å². The lowest BCUT2D eigenvalue weighted by atomic mass is 10.0. The molecule has 106 valence electrons. The normalized spacial score (nSPS) is 11.3. The number of sulfonamides is 1. The van der Waals surface area contributed by atoms with Gasteiger partial charge in [0.15, 0.2) is 0 Å². The van der Waals surface area contributed by atoms with Gasteiger partial charge in [-0.05, 0) is 42.7 Å². The van der Waals surface area contributed by atoms with Crippen LogP contribution in [0.1, 0.15) is 18.9 Å². The van der Waals surface area contributed by atoms with Crippen molar-refractivity contribution >= 4 is 15.7 Å². The maximum Gasteiger partial charge on any atom is 0.232 e. The van der Waals surface area contributed by atoms with Gasteiger partial charge in [-0.15, -0.1) is 0 Å². The van der Waals surface area contributed by atoms with Crippen LogP contribution in [-0.2, 0) is 10.0 Å². The van der Waals surface area contributed by atoms with Gasteiger partial charge in [0.05, 0.1) is 5.75 Å². The molecule has 0 aliphatic carbocycles. The standard InChI is InChI=1S/C15H18N2O2S/c1-3-10-20(18,19)17-14-6-4-13(5-7-14)15-11-16-9-8-12(15)2/h4-9,11,17H,3,10H2,1-2H3. The van der Waals surface area contributed by atoms with Crippen LogP contribution in [0.25, 0.3) is 11.1 Å². The van der Waals surface area contributed by atoms with Gasteiger partial charge in [-0.25, -0.2) is 8.42 Å². The molecule has 2 aromatic rings. The third-order valence-electron chi connectivity index (χ3n) is 2.98. The Morgan fingerprint density at radius 1 is 1.15 bits per heavy atom. The smallest absolute Gasteiger partial charge is 0.232 e. The molecule has 2 rings (SSSR count). The highest BCUT2D eigenvalue weighted by molar-refractivity contribution is 7.92. The monoisotopic (exact) mass is 290 g/mol. The molecule has 1 heterocycles. The van der Waals surface area contributed by atoms with Gasteiger partial charge in [0.2, 0.25) is 10.0 Å². The van der Waals surface area contributed by atoms with Crippen LogP contribution in [-0.4, -0.2) is 19.2 Å². The van der Waals surface area contributed by atoms with Crippen LogP contribution in [0.15, 0.2) is 42.7 Å². The zero-order valence-corrected chi connectivity index (χ0v) is 12.4. The summed E-state index contributed by atoms with van der Waals surface area (Å²) in [6, 6.07) is 9.29. The lowest BCUT2D eigenvalue weighted by Gasteiger charge is -2.09. The molecule has 0 spiro atoms. The number of hydrogen-bond donors (Lipinski definition) is 1. The van der Waals surface area contributed by atoms with E-state index in [2.05, 4.69) is 9.71 Å². The summed E-state index contributed by atoms with van der Waals surface area (Å²) < 4.78 is 25.9. The first-order valence-electron chi connectivity index (χ1n) is 6.53. The maximum absolute atomic E-state index is 11.7. The van der Waals surface area contributed by atoms with E-state index < -0.39 is 10.0 Å². The third-order valence-corrected chi connectivity index (χ3v) is 4.47. The number of nitrogens with one attached hydrogen (secondary N) is 1. The van der Waals surface area contributed by atoms with E-state index in [0.717, 1.165) is 16.7 Å². The number of aromatic nitrogens is 1. The van der Waals surface area contributed by atoms with Crippen LogP contribution in [0.2, 0.25) is 0 Å². The summed E-state index contributed by atoms with van der Waals surface area (Å²) in [6.45, 7) is 3.86. The Balaban J connectivity index is 2.21. The zero-order valence-electron chi connectivity index (χ0n) is 11.6. The second-order valence-electron chi connectivity index (χ2n) is 4.69. The van der Waals surface area contributed by atoms with E-state index in [1.165, 1.54) is 0 Å². The zero-order chi connectivity index (χ0) is 14.6. The van der Waals surface area contributed by atoms with Crippen molar-refractivity contribution in [1.82, 2.24) is 4.98 Å². The molecule has 0 radical (unpaired) electrons. The number of nitrogens with zero attached hydrogens (tertiary/aromatic N) is 1. The molecule has 5 heteroatoms. The Morgan fingerprint density at radius 3 is 2.45 bits per heavy atom. The number of benzene rings is 1. The predicted octanol–water partition coefficient (Wildman–Crippen LogP) is 3.21. The highest BCUT2D eigenvalue weighted by atomic mass is 32.2. The summed E-state index contributed by atoms with van der Waals surface area (Å²) >= 11 is 0. The van der Waals surface area contributed by atoms with E-state index in [-0.39, 0.29) is 5.75 Å². The van der Waals surface area contributed by atoms with Crippen molar-refractivity contribution in [2.45, 2.75) is 20.3 Å². The summed E-state index contributed by atoms with van der Waals surface area (Å²) in [6.07, 6.45) is 4.17. The summed E-state index contributed by atoms with van der Waals surface area (Å²) in [5.41, 5.74) is 3.80. The van der Waals surface area contributed by atoms with Crippen molar-refractivity contribution in [2.75, 3.05) is 10.5 Å². The molecule has 0 unspecified atom stereocenters. The minimum Gasteiger partial charge on any atom is -0.284 e. The van der Waals surface area contributed by atoms with Gasteiger partial charge in [0.1, 0.15) is 0 Å². The van der Waals surface area contributed by atoms with E-state index in [0.29, 0.717) is 12.1 Å². The van der Waals surface area contributed by atoms with Crippen molar-refractivity contribution in [3.63, 3.8) is 0 Å². The highest BCUT2D eigenvalue weighted by Crippen LogP contribution is 2.24. The SMILES string of the molecule is CCCS(=O)(=O)Nc1ccc(-c2cnccc2C)cc1. The van der Waals surface area contributed by atoms with E-state index in [1.807, 2.05) is 38.2 Å². The molecular formula is C15H18N2O2S. The van der Waals surface area contributed by atoms with Gasteiger partial charge in [-0.3, -0.25) is 9.71 Å². The Bertz CT molecular complexity index is 679. The quantitative estimate of drug-likeness (QED) is 0.920. The van der Waals surface area contributed by atoms with Crippen molar-refractivity contribution in [2.24, 2.45) is 0 Å². The third kappa shape index (κ3) is 3.57. The molecule has 1 N–H and O–H groups in total. The molecule has 0 bridgehead atoms. The van der Waals surface area contributed by atoms with Crippen LogP contribution in [0.4, 0.5) is 5.69 Å². The second-order valence-corrected chi connectivity index (χ2v) is 6.53. The van der Waals surface area contributed by atoms with Crippen LogP contribution in [0.5, 0.6) is 0 Å². The van der Waals surface area contributed by atoms with Gasteiger partial charge in [-0.1, -0.05) is 19.1 Å². The first-order chi connectivity index (χ1) is 9.52. The maximum atomic E-state index is 11.7. The molecule has 1 aromatic carbocycles. The molecule has 0 atom stereocenters. The van der Waals surface area contributed by atoms with Crippen LogP contribution in [0.3, 0.4) is 0 Å². The Morgan fingerprint density at radius 2 is 1.85 bits per heavy atom. The topological polar surface area (TPSA) is 59.1 Å². The minimum atomic E-state index is -3.23. The van der Waals surface area contributed by atoms with Crippen LogP contribution >= 0.6 is 0 Å². The fourth-order valence-electron chi connectivity index (χ4n) is 1.98. The molecule has 0 saturated heterocycles. The molecule has 4 nitrogen and oxygen atoms in total. The van der Waals surface area contributed by atoms with Crippen LogP contribution in [0, 0.1) is 6.92 Å². The van der Waals surface area contributed by atoms with Crippen LogP contribution < -0.4 is 4.72 Å². The van der Waals surface area contributed by atoms with E-state index in [4.69, 9.17) is 0 Å². The lowest BCUT2D eigenvalue weighted by Crippen LogP contribution is -2.15. The van der Waals surface area contributed by atoms with E-state index in [9.17, 15) is 8.42 Å². The largest absolute Gasteiger partial charge is 0.284 e. The van der Waals surface area contributed by atoms with Gasteiger partial charge in [0.25, 0.3) is 0 Å². The van der Waals surface area contributed by atoms with Crippen molar-refractivity contribution < 1.29 is 8.42 Å². The van der Waals surface area contributed by atoms with Crippen molar-refractivity contribution in [1.29, 1.82) is 0 Å². The fourth-order valence-corrected chi connectivity index (χ4v) is 3.12. The Kier molecular flexibility index (Phi) is 4.39. The lowest BCUT2D eigenvalue weighted by molar-refractivity contribution is 0.600. The van der Waals surface area contributed by atoms with Gasteiger partial charge >= 0.3 is 0 Å². The summed E-state index contributed by atoms with van der Waals surface area (Å²) in [5, 5.41) is 0. The first kappa shape index (κ1) is 14.5. The summed E-state index contributed by atoms with van der Waals surface area (Å²) in [4.78, 5) is 4.12. The molecule has 0 aliphatic rings. The minimum absolute atomic E-state index is 0.135. The number of rotatable bonds is 5. The molecule has 0 aliphatic heterocycles. The van der Waals surface area contributed by atoms with Gasteiger partial charge < -0.3 is 0 Å². The Hall–Kier alpha value is -1.88. The molecular weight excluding hydrogens is 272 g/mol. The fraction of sp³-hybridized carbons (Fsp3) is 0.267. The van der Waals surface area contributed by atoms with E-state index >= 15 is 0 Å². The number of pyridine rings is 1. The van der Waals surface area contributed by atoms with Gasteiger partial charge in [-0.2, -0.15) is 0 Å². The number of hydrogen-bond acceptors (Lipinski definition) is 3. The van der Waals surface area contributed by atoms with Gasteiger partial charge in [0, 0.05) is 23.6 Å².